The van der Waals surface area contributed by atoms with Gasteiger partial charge in [0.25, 0.3) is 0 Å². The first-order chi connectivity index (χ1) is 8.67. The van der Waals surface area contributed by atoms with Gasteiger partial charge in [-0.1, -0.05) is 26.8 Å². The maximum Gasteiger partial charge on any atom is 0.151 e. The van der Waals surface area contributed by atoms with E-state index in [4.69, 9.17) is 0 Å². The molecule has 0 atom stereocenters. The largest absolute Gasteiger partial charge is 0.351 e. The van der Waals surface area contributed by atoms with Crippen LogP contribution in [-0.4, -0.2) is 29.3 Å². The van der Waals surface area contributed by atoms with Gasteiger partial charge in [0.15, 0.2) is 5.82 Å². The van der Waals surface area contributed by atoms with Crippen LogP contribution in [0.2, 0.25) is 0 Å². The molecule has 0 bridgehead atoms. The number of hydrogen-bond acceptors (Lipinski definition) is 4. The molecule has 0 radical (unpaired) electrons. The number of hydrogen-bond donors (Lipinski definition) is 1. The Morgan fingerprint density at radius 3 is 2.67 bits per heavy atom. The summed E-state index contributed by atoms with van der Waals surface area (Å²) in [6, 6.07) is 4.52. The maximum absolute atomic E-state index is 4.28. The van der Waals surface area contributed by atoms with Crippen LogP contribution in [0, 0.1) is 0 Å². The topological polar surface area (TPSA) is 41.0 Å². The van der Waals surface area contributed by atoms with Gasteiger partial charge in [0.2, 0.25) is 0 Å². The smallest absolute Gasteiger partial charge is 0.151 e. The fourth-order valence-corrected chi connectivity index (χ4v) is 1.65. The van der Waals surface area contributed by atoms with E-state index in [1.807, 2.05) is 18.2 Å². The number of nitrogens with zero attached hydrogens (tertiary/aromatic N) is 3. The zero-order valence-corrected chi connectivity index (χ0v) is 11.7. The molecule has 0 spiro atoms. The van der Waals surface area contributed by atoms with E-state index >= 15 is 0 Å². The van der Waals surface area contributed by atoms with Gasteiger partial charge < -0.3 is 10.2 Å². The molecule has 0 saturated heterocycles. The highest BCUT2D eigenvalue weighted by atomic mass is 15.3. The Morgan fingerprint density at radius 1 is 1.39 bits per heavy atom. The van der Waals surface area contributed by atoms with Gasteiger partial charge in [-0.2, -0.15) is 5.10 Å². The van der Waals surface area contributed by atoms with E-state index in [9.17, 15) is 0 Å². The minimum atomic E-state index is 0.462. The first-order valence-electron chi connectivity index (χ1n) is 6.59. The molecule has 0 fully saturated rings. The SMILES string of the molecule is C=CCN(CCC)c1ccc(CNC(C)C)nn1. The van der Waals surface area contributed by atoms with Crippen LogP contribution in [0.25, 0.3) is 0 Å². The first-order valence-corrected chi connectivity index (χ1v) is 6.59. The second-order valence-electron chi connectivity index (χ2n) is 4.65. The standard InChI is InChI=1S/C14H24N4/c1-5-9-18(10-6-2)14-8-7-13(16-17-14)11-15-12(3)4/h5,7-8,12,15H,1,6,9-11H2,2-4H3. The Balaban J connectivity index is 2.64. The van der Waals surface area contributed by atoms with Gasteiger partial charge in [0.1, 0.15) is 0 Å². The Labute approximate surface area is 110 Å². The second-order valence-corrected chi connectivity index (χ2v) is 4.65. The normalized spacial score (nSPS) is 10.7. The quantitative estimate of drug-likeness (QED) is 0.717. The molecule has 1 aromatic heterocycles. The monoisotopic (exact) mass is 248 g/mol. The van der Waals surface area contributed by atoms with Crippen LogP contribution in [0.5, 0.6) is 0 Å². The molecule has 1 heterocycles. The van der Waals surface area contributed by atoms with Gasteiger partial charge in [-0.05, 0) is 18.6 Å². The van der Waals surface area contributed by atoms with Gasteiger partial charge in [-0.15, -0.1) is 11.7 Å². The average molecular weight is 248 g/mol. The third-order valence-corrected chi connectivity index (χ3v) is 2.56. The fourth-order valence-electron chi connectivity index (χ4n) is 1.65. The third kappa shape index (κ3) is 4.84. The molecule has 4 nitrogen and oxygen atoms in total. The van der Waals surface area contributed by atoms with Gasteiger partial charge in [0.05, 0.1) is 5.69 Å². The van der Waals surface area contributed by atoms with Crippen molar-refractivity contribution >= 4 is 5.82 Å². The van der Waals surface area contributed by atoms with Gasteiger partial charge in [-0.25, -0.2) is 0 Å². The molecule has 0 saturated carbocycles. The highest BCUT2D eigenvalue weighted by Gasteiger charge is 2.06. The summed E-state index contributed by atoms with van der Waals surface area (Å²) >= 11 is 0. The molecule has 1 aromatic rings. The van der Waals surface area contributed by atoms with Crippen LogP contribution in [0.1, 0.15) is 32.9 Å². The summed E-state index contributed by atoms with van der Waals surface area (Å²) in [7, 11) is 0. The molecular formula is C14H24N4. The highest BCUT2D eigenvalue weighted by Crippen LogP contribution is 2.10. The van der Waals surface area contributed by atoms with Crippen molar-refractivity contribution in [2.75, 3.05) is 18.0 Å². The van der Waals surface area contributed by atoms with Crippen molar-refractivity contribution < 1.29 is 0 Å². The molecule has 4 heteroatoms. The summed E-state index contributed by atoms with van der Waals surface area (Å²) in [6.45, 7) is 12.7. The van der Waals surface area contributed by atoms with Gasteiger partial charge in [0, 0.05) is 25.7 Å². The third-order valence-electron chi connectivity index (χ3n) is 2.56. The van der Waals surface area contributed by atoms with Crippen molar-refractivity contribution in [3.63, 3.8) is 0 Å². The van der Waals surface area contributed by atoms with E-state index in [1.165, 1.54) is 0 Å². The summed E-state index contributed by atoms with van der Waals surface area (Å²) in [4.78, 5) is 2.18. The summed E-state index contributed by atoms with van der Waals surface area (Å²) in [5.41, 5.74) is 0.975. The lowest BCUT2D eigenvalue weighted by atomic mass is 10.3. The lowest BCUT2D eigenvalue weighted by Crippen LogP contribution is -2.26. The first kappa shape index (κ1) is 14.6. The van der Waals surface area contributed by atoms with Crippen LogP contribution in [0.15, 0.2) is 24.8 Å². The molecule has 0 amide bonds. The Morgan fingerprint density at radius 2 is 2.17 bits per heavy atom. The van der Waals surface area contributed by atoms with E-state index in [1.54, 1.807) is 0 Å². The number of anilines is 1. The minimum absolute atomic E-state index is 0.462. The van der Waals surface area contributed by atoms with E-state index in [2.05, 4.69) is 47.8 Å². The molecule has 0 unspecified atom stereocenters. The highest BCUT2D eigenvalue weighted by molar-refractivity contribution is 5.38. The molecule has 0 aliphatic rings. The van der Waals surface area contributed by atoms with E-state index in [0.717, 1.165) is 37.6 Å². The van der Waals surface area contributed by atoms with Crippen molar-refractivity contribution in [3.8, 4) is 0 Å². The molecule has 0 aliphatic heterocycles. The summed E-state index contributed by atoms with van der Waals surface area (Å²) in [5.74, 6) is 0.921. The Bertz CT molecular complexity index is 345. The molecule has 1 N–H and O–H groups in total. The minimum Gasteiger partial charge on any atom is -0.351 e. The van der Waals surface area contributed by atoms with Crippen LogP contribution >= 0.6 is 0 Å². The van der Waals surface area contributed by atoms with Crippen LogP contribution in [-0.2, 0) is 6.54 Å². The maximum atomic E-state index is 4.28. The van der Waals surface area contributed by atoms with Crippen molar-refractivity contribution in [1.82, 2.24) is 15.5 Å². The summed E-state index contributed by atoms with van der Waals surface area (Å²) in [6.07, 6.45) is 2.98. The van der Waals surface area contributed by atoms with E-state index in [0.29, 0.717) is 6.04 Å². The summed E-state index contributed by atoms with van der Waals surface area (Å²) in [5, 5.41) is 11.9. The lowest BCUT2D eigenvalue weighted by Gasteiger charge is -2.20. The molecule has 0 aliphatic carbocycles. The summed E-state index contributed by atoms with van der Waals surface area (Å²) < 4.78 is 0. The average Bonchev–Trinajstić information content (AvgIpc) is 2.37. The predicted molar refractivity (Wildman–Crippen MR) is 76.7 cm³/mol. The molecule has 0 aromatic carbocycles. The van der Waals surface area contributed by atoms with E-state index in [-0.39, 0.29) is 0 Å². The van der Waals surface area contributed by atoms with Gasteiger partial charge >= 0.3 is 0 Å². The van der Waals surface area contributed by atoms with Crippen LogP contribution in [0.4, 0.5) is 5.82 Å². The predicted octanol–water partition coefficient (Wildman–Crippen LogP) is 2.38. The molecular weight excluding hydrogens is 224 g/mol. The molecule has 1 rings (SSSR count). The van der Waals surface area contributed by atoms with Crippen LogP contribution < -0.4 is 10.2 Å². The fraction of sp³-hybridized carbons (Fsp3) is 0.571. The van der Waals surface area contributed by atoms with E-state index < -0.39 is 0 Å². The lowest BCUT2D eigenvalue weighted by molar-refractivity contribution is 0.577. The zero-order valence-electron chi connectivity index (χ0n) is 11.7. The zero-order chi connectivity index (χ0) is 13.4. The van der Waals surface area contributed by atoms with Crippen molar-refractivity contribution in [2.45, 2.75) is 39.8 Å². The Kier molecular flexibility index (Phi) is 6.36. The number of aromatic nitrogens is 2. The number of nitrogens with one attached hydrogen (secondary N) is 1. The molecule has 18 heavy (non-hydrogen) atoms. The van der Waals surface area contributed by atoms with Crippen molar-refractivity contribution in [3.05, 3.63) is 30.5 Å². The van der Waals surface area contributed by atoms with Crippen molar-refractivity contribution in [1.29, 1.82) is 0 Å². The van der Waals surface area contributed by atoms with Crippen molar-refractivity contribution in [2.24, 2.45) is 0 Å². The van der Waals surface area contributed by atoms with Gasteiger partial charge in [-0.3, -0.25) is 0 Å². The molecule has 100 valence electrons. The second kappa shape index (κ2) is 7.82. The number of rotatable bonds is 8. The Hall–Kier alpha value is -1.42. The van der Waals surface area contributed by atoms with Crippen LogP contribution in [0.3, 0.4) is 0 Å².